The summed E-state index contributed by atoms with van der Waals surface area (Å²) in [7, 11) is 3.80. The molecule has 0 bridgehead atoms. The van der Waals surface area contributed by atoms with Crippen molar-refractivity contribution in [3.63, 3.8) is 0 Å². The molecule has 2 rings (SSSR count). The van der Waals surface area contributed by atoms with E-state index >= 15 is 0 Å². The Morgan fingerprint density at radius 3 is 1.69 bits per heavy atom. The summed E-state index contributed by atoms with van der Waals surface area (Å²) in [6.45, 7) is 0. The van der Waals surface area contributed by atoms with Crippen molar-refractivity contribution in [3.8, 4) is 0 Å². The molecular formula is C10H12N6. The fourth-order valence-corrected chi connectivity index (χ4v) is 1.17. The lowest BCUT2D eigenvalue weighted by Gasteiger charge is -1.91. The molecule has 0 atom stereocenters. The fourth-order valence-electron chi connectivity index (χ4n) is 1.17. The fraction of sp³-hybridized carbons (Fsp3) is 0.200. The molecule has 0 radical (unpaired) electrons. The lowest BCUT2D eigenvalue weighted by atomic mass is 10.6. The third-order valence-electron chi connectivity index (χ3n) is 2.13. The molecule has 0 amide bonds. The molecule has 2 heterocycles. The second-order valence-electron chi connectivity index (χ2n) is 3.28. The van der Waals surface area contributed by atoms with Gasteiger partial charge in [-0.15, -0.1) is 0 Å². The van der Waals surface area contributed by atoms with Crippen LogP contribution in [0.3, 0.4) is 0 Å². The van der Waals surface area contributed by atoms with Crippen molar-refractivity contribution in [1.29, 1.82) is 0 Å². The van der Waals surface area contributed by atoms with Crippen LogP contribution in [0.15, 0.2) is 35.0 Å². The first kappa shape index (κ1) is 10.3. The molecule has 16 heavy (non-hydrogen) atoms. The van der Waals surface area contributed by atoms with E-state index in [9.17, 15) is 0 Å². The number of hydrogen-bond donors (Lipinski definition) is 0. The molecule has 0 unspecified atom stereocenters. The first-order valence-electron chi connectivity index (χ1n) is 4.78. The van der Waals surface area contributed by atoms with Gasteiger partial charge in [0.05, 0.1) is 12.4 Å². The Hall–Kier alpha value is -2.24. The summed E-state index contributed by atoms with van der Waals surface area (Å²) in [5.41, 5.74) is 0. The molecule has 6 nitrogen and oxygen atoms in total. The van der Waals surface area contributed by atoms with Gasteiger partial charge in [0.1, 0.15) is 0 Å². The smallest absolute Gasteiger partial charge is 0.152 e. The Kier molecular flexibility index (Phi) is 2.90. The van der Waals surface area contributed by atoms with Crippen LogP contribution in [-0.4, -0.2) is 31.5 Å². The SMILES string of the molecule is Cn1ccnc1/C=N/N=C/c1nccn1C. The van der Waals surface area contributed by atoms with E-state index in [-0.39, 0.29) is 0 Å². The zero-order valence-corrected chi connectivity index (χ0v) is 9.15. The lowest BCUT2D eigenvalue weighted by molar-refractivity contribution is 0.897. The molecule has 0 saturated carbocycles. The Morgan fingerprint density at radius 1 is 0.938 bits per heavy atom. The number of hydrogen-bond acceptors (Lipinski definition) is 4. The monoisotopic (exact) mass is 216 g/mol. The van der Waals surface area contributed by atoms with E-state index in [4.69, 9.17) is 0 Å². The molecule has 0 N–H and O–H groups in total. The van der Waals surface area contributed by atoms with E-state index in [1.54, 1.807) is 24.8 Å². The molecule has 0 saturated heterocycles. The third kappa shape index (κ3) is 2.22. The summed E-state index contributed by atoms with van der Waals surface area (Å²) < 4.78 is 3.72. The molecule has 2 aromatic heterocycles. The summed E-state index contributed by atoms with van der Waals surface area (Å²) in [5.74, 6) is 1.52. The van der Waals surface area contributed by atoms with Crippen LogP contribution in [0.1, 0.15) is 11.6 Å². The zero-order valence-electron chi connectivity index (χ0n) is 9.15. The first-order valence-corrected chi connectivity index (χ1v) is 4.78. The quantitative estimate of drug-likeness (QED) is 0.557. The summed E-state index contributed by atoms with van der Waals surface area (Å²) in [6, 6.07) is 0. The van der Waals surface area contributed by atoms with Gasteiger partial charge in [0.15, 0.2) is 11.6 Å². The number of aromatic nitrogens is 4. The maximum absolute atomic E-state index is 4.09. The second kappa shape index (κ2) is 4.52. The molecular weight excluding hydrogens is 204 g/mol. The minimum Gasteiger partial charge on any atom is -0.333 e. The van der Waals surface area contributed by atoms with Gasteiger partial charge < -0.3 is 9.13 Å². The maximum Gasteiger partial charge on any atom is 0.152 e. The minimum atomic E-state index is 0.761. The standard InChI is InChI=1S/C10H12N6/c1-15-5-3-11-9(15)7-13-14-8-10-12-4-6-16(10)2/h3-8H,1-2H3/b13-7+,14-8+. The van der Waals surface area contributed by atoms with Crippen LogP contribution in [0, 0.1) is 0 Å². The second-order valence-corrected chi connectivity index (χ2v) is 3.28. The zero-order chi connectivity index (χ0) is 11.4. The van der Waals surface area contributed by atoms with E-state index in [2.05, 4.69) is 20.2 Å². The maximum atomic E-state index is 4.09. The summed E-state index contributed by atoms with van der Waals surface area (Å²) in [5, 5.41) is 7.80. The van der Waals surface area contributed by atoms with Crippen molar-refractivity contribution in [1.82, 2.24) is 19.1 Å². The molecule has 0 aliphatic carbocycles. The summed E-state index contributed by atoms with van der Waals surface area (Å²) >= 11 is 0. The molecule has 2 aromatic rings. The van der Waals surface area contributed by atoms with Crippen LogP contribution in [0.4, 0.5) is 0 Å². The van der Waals surface area contributed by atoms with Crippen LogP contribution < -0.4 is 0 Å². The predicted octanol–water partition coefficient (Wildman–Crippen LogP) is 0.607. The van der Waals surface area contributed by atoms with E-state index in [1.807, 2.05) is 35.6 Å². The summed E-state index contributed by atoms with van der Waals surface area (Å²) in [4.78, 5) is 8.17. The third-order valence-corrected chi connectivity index (χ3v) is 2.13. The predicted molar refractivity (Wildman–Crippen MR) is 61.6 cm³/mol. The van der Waals surface area contributed by atoms with Gasteiger partial charge in [0.25, 0.3) is 0 Å². The largest absolute Gasteiger partial charge is 0.333 e. The Labute approximate surface area is 93.0 Å². The van der Waals surface area contributed by atoms with Crippen molar-refractivity contribution in [2.75, 3.05) is 0 Å². The highest BCUT2D eigenvalue weighted by Crippen LogP contribution is 1.91. The van der Waals surface area contributed by atoms with E-state index < -0.39 is 0 Å². The highest BCUT2D eigenvalue weighted by atomic mass is 15.2. The number of nitrogens with zero attached hydrogens (tertiary/aromatic N) is 6. The Balaban J connectivity index is 2.03. The van der Waals surface area contributed by atoms with Crippen molar-refractivity contribution in [3.05, 3.63) is 36.4 Å². The van der Waals surface area contributed by atoms with Gasteiger partial charge in [-0.25, -0.2) is 9.97 Å². The van der Waals surface area contributed by atoms with E-state index in [0.29, 0.717) is 0 Å². The first-order chi connectivity index (χ1) is 7.77. The topological polar surface area (TPSA) is 60.4 Å². The molecule has 0 aromatic carbocycles. The van der Waals surface area contributed by atoms with Gasteiger partial charge >= 0.3 is 0 Å². The van der Waals surface area contributed by atoms with E-state index in [1.165, 1.54) is 0 Å². The van der Waals surface area contributed by atoms with Crippen molar-refractivity contribution >= 4 is 12.4 Å². The molecule has 6 heteroatoms. The van der Waals surface area contributed by atoms with Crippen LogP contribution in [-0.2, 0) is 14.1 Å². The van der Waals surface area contributed by atoms with Crippen LogP contribution in [0.5, 0.6) is 0 Å². The van der Waals surface area contributed by atoms with Crippen LogP contribution in [0.2, 0.25) is 0 Å². The van der Waals surface area contributed by atoms with Crippen molar-refractivity contribution in [2.24, 2.45) is 24.3 Å². The van der Waals surface area contributed by atoms with Gasteiger partial charge in [-0.2, -0.15) is 10.2 Å². The van der Waals surface area contributed by atoms with Gasteiger partial charge in [0, 0.05) is 38.9 Å². The minimum absolute atomic E-state index is 0.761. The van der Waals surface area contributed by atoms with Crippen LogP contribution >= 0.6 is 0 Å². The Morgan fingerprint density at radius 2 is 1.38 bits per heavy atom. The van der Waals surface area contributed by atoms with Crippen molar-refractivity contribution < 1.29 is 0 Å². The molecule has 0 aliphatic rings. The van der Waals surface area contributed by atoms with Crippen molar-refractivity contribution in [2.45, 2.75) is 0 Å². The average molecular weight is 216 g/mol. The van der Waals surface area contributed by atoms with Gasteiger partial charge in [-0.05, 0) is 0 Å². The lowest BCUT2D eigenvalue weighted by Crippen LogP contribution is -1.95. The highest BCUT2D eigenvalue weighted by molar-refractivity contribution is 5.78. The highest BCUT2D eigenvalue weighted by Gasteiger charge is 1.93. The number of rotatable bonds is 3. The molecule has 0 aliphatic heterocycles. The van der Waals surface area contributed by atoms with Gasteiger partial charge in [-0.1, -0.05) is 0 Å². The summed E-state index contributed by atoms with van der Waals surface area (Å²) in [6.07, 6.45) is 10.3. The van der Waals surface area contributed by atoms with Gasteiger partial charge in [-0.3, -0.25) is 0 Å². The van der Waals surface area contributed by atoms with Gasteiger partial charge in [0.2, 0.25) is 0 Å². The molecule has 82 valence electrons. The number of imidazole rings is 2. The normalized spacial score (nSPS) is 11.9. The Bertz CT molecular complexity index is 471. The van der Waals surface area contributed by atoms with E-state index in [0.717, 1.165) is 11.6 Å². The number of aryl methyl sites for hydroxylation is 2. The molecule has 0 spiro atoms. The molecule has 0 fully saturated rings. The van der Waals surface area contributed by atoms with Crippen LogP contribution in [0.25, 0.3) is 0 Å². The average Bonchev–Trinajstić information content (AvgIpc) is 2.84.